The lowest BCUT2D eigenvalue weighted by Gasteiger charge is -2.35. The Morgan fingerprint density at radius 3 is 1.94 bits per heavy atom. The zero-order valence-corrected chi connectivity index (χ0v) is 20.7. The van der Waals surface area contributed by atoms with Gasteiger partial charge >= 0.3 is 0 Å². The van der Waals surface area contributed by atoms with Gasteiger partial charge in [-0.2, -0.15) is 0 Å². The van der Waals surface area contributed by atoms with Crippen molar-refractivity contribution in [2.45, 2.75) is 32.2 Å². The van der Waals surface area contributed by atoms with E-state index in [0.29, 0.717) is 6.04 Å². The minimum Gasteiger partial charge on any atom is -0.453 e. The van der Waals surface area contributed by atoms with Crippen molar-refractivity contribution in [1.82, 2.24) is 10.2 Å². The minimum absolute atomic E-state index is 0. The highest BCUT2D eigenvalue weighted by Crippen LogP contribution is 2.39. The maximum absolute atomic E-state index is 6.31. The molecule has 0 radical (unpaired) electrons. The van der Waals surface area contributed by atoms with Crippen LogP contribution in [0.4, 0.5) is 0 Å². The molecule has 178 valence electrons. The van der Waals surface area contributed by atoms with E-state index in [1.807, 2.05) is 60.7 Å². The third kappa shape index (κ3) is 7.65. The molecule has 1 heterocycles. The summed E-state index contributed by atoms with van der Waals surface area (Å²) in [5.74, 6) is 3.10. The van der Waals surface area contributed by atoms with E-state index in [0.717, 1.165) is 55.6 Å². The van der Waals surface area contributed by atoms with E-state index in [1.165, 1.54) is 18.4 Å². The van der Waals surface area contributed by atoms with Crippen LogP contribution in [0.2, 0.25) is 0 Å². The topological polar surface area (TPSA) is 33.7 Å². The van der Waals surface area contributed by atoms with E-state index >= 15 is 0 Å². The molecule has 0 aromatic heterocycles. The standard InChI is InChI=1S/C27H32N2O2.2ClH/c1-2-3-14-25(29-19-17-28-18-20-29)22-15-16-26(30-23-10-6-4-7-11-23)27(21-22)31-24-12-8-5-9-13-24;;/h4-13,15-16,21,25,28H,2-3,14,17-20H2,1H3;2*1H/t25-;;/m0../s1. The van der Waals surface area contributed by atoms with Crippen molar-refractivity contribution < 1.29 is 9.47 Å². The Morgan fingerprint density at radius 2 is 1.36 bits per heavy atom. The van der Waals surface area contributed by atoms with Crippen molar-refractivity contribution >= 4 is 24.8 Å². The van der Waals surface area contributed by atoms with Crippen molar-refractivity contribution in [3.8, 4) is 23.0 Å². The Labute approximate surface area is 210 Å². The summed E-state index contributed by atoms with van der Waals surface area (Å²) in [5, 5.41) is 3.47. The molecule has 4 nitrogen and oxygen atoms in total. The third-order valence-electron chi connectivity index (χ3n) is 5.72. The lowest BCUT2D eigenvalue weighted by Crippen LogP contribution is -2.45. The van der Waals surface area contributed by atoms with Crippen LogP contribution >= 0.6 is 24.8 Å². The minimum atomic E-state index is 0. The van der Waals surface area contributed by atoms with Gasteiger partial charge in [0.1, 0.15) is 11.5 Å². The Hall–Kier alpha value is -2.24. The first-order valence-electron chi connectivity index (χ1n) is 11.4. The maximum Gasteiger partial charge on any atom is 0.170 e. The average Bonchev–Trinajstić information content (AvgIpc) is 2.83. The molecule has 1 fully saturated rings. The number of para-hydroxylation sites is 2. The largest absolute Gasteiger partial charge is 0.453 e. The van der Waals surface area contributed by atoms with E-state index in [9.17, 15) is 0 Å². The number of nitrogens with one attached hydrogen (secondary N) is 1. The quantitative estimate of drug-likeness (QED) is 0.343. The van der Waals surface area contributed by atoms with E-state index in [2.05, 4.69) is 35.3 Å². The highest BCUT2D eigenvalue weighted by molar-refractivity contribution is 5.85. The number of unbranched alkanes of at least 4 members (excludes halogenated alkanes) is 1. The van der Waals surface area contributed by atoms with Gasteiger partial charge in [-0.1, -0.05) is 62.2 Å². The summed E-state index contributed by atoms with van der Waals surface area (Å²) < 4.78 is 12.5. The summed E-state index contributed by atoms with van der Waals surface area (Å²) in [7, 11) is 0. The van der Waals surface area contributed by atoms with Crippen molar-refractivity contribution in [2.24, 2.45) is 0 Å². The Morgan fingerprint density at radius 1 is 0.788 bits per heavy atom. The molecule has 3 aromatic carbocycles. The number of ether oxygens (including phenoxy) is 2. The maximum atomic E-state index is 6.31. The lowest BCUT2D eigenvalue weighted by atomic mass is 9.98. The third-order valence-corrected chi connectivity index (χ3v) is 5.72. The smallest absolute Gasteiger partial charge is 0.170 e. The van der Waals surface area contributed by atoms with E-state index in [1.54, 1.807) is 0 Å². The molecule has 0 aliphatic carbocycles. The van der Waals surface area contributed by atoms with Gasteiger partial charge in [0.2, 0.25) is 0 Å². The fourth-order valence-electron chi connectivity index (χ4n) is 4.08. The van der Waals surface area contributed by atoms with Gasteiger partial charge in [-0.25, -0.2) is 0 Å². The van der Waals surface area contributed by atoms with Gasteiger partial charge < -0.3 is 14.8 Å². The first kappa shape index (κ1) is 27.0. The second kappa shape index (κ2) is 14.1. The fourth-order valence-corrected chi connectivity index (χ4v) is 4.08. The molecule has 0 unspecified atom stereocenters. The molecule has 0 amide bonds. The van der Waals surface area contributed by atoms with Crippen LogP contribution in [0.3, 0.4) is 0 Å². The van der Waals surface area contributed by atoms with Crippen LogP contribution in [0, 0.1) is 0 Å². The zero-order valence-electron chi connectivity index (χ0n) is 19.1. The summed E-state index contributed by atoms with van der Waals surface area (Å²) in [5.41, 5.74) is 1.29. The zero-order chi connectivity index (χ0) is 21.3. The summed E-state index contributed by atoms with van der Waals surface area (Å²) >= 11 is 0. The van der Waals surface area contributed by atoms with Crippen molar-refractivity contribution in [1.29, 1.82) is 0 Å². The summed E-state index contributed by atoms with van der Waals surface area (Å²) in [6, 6.07) is 26.6. The number of benzene rings is 3. The van der Waals surface area contributed by atoms with Gasteiger partial charge in [-0.05, 0) is 48.4 Å². The molecular weight excluding hydrogens is 455 g/mol. The SMILES string of the molecule is CCCC[C@@H](c1ccc(Oc2ccccc2)c(Oc2ccccc2)c1)N1CCNCC1.Cl.Cl. The number of hydrogen-bond donors (Lipinski definition) is 1. The van der Waals surface area contributed by atoms with Crippen LogP contribution in [0.25, 0.3) is 0 Å². The van der Waals surface area contributed by atoms with Crippen LogP contribution in [-0.2, 0) is 0 Å². The van der Waals surface area contributed by atoms with Gasteiger partial charge in [-0.15, -0.1) is 24.8 Å². The molecule has 4 rings (SSSR count). The van der Waals surface area contributed by atoms with E-state index in [-0.39, 0.29) is 24.8 Å². The van der Waals surface area contributed by atoms with Crippen LogP contribution in [0.15, 0.2) is 78.9 Å². The average molecular weight is 489 g/mol. The number of hydrogen-bond acceptors (Lipinski definition) is 4. The molecule has 1 aliphatic rings. The molecule has 1 atom stereocenters. The predicted octanol–water partition coefficient (Wildman–Crippen LogP) is 7.25. The van der Waals surface area contributed by atoms with Gasteiger partial charge in [0.25, 0.3) is 0 Å². The van der Waals surface area contributed by atoms with E-state index < -0.39 is 0 Å². The summed E-state index contributed by atoms with van der Waals surface area (Å²) in [6.07, 6.45) is 3.57. The number of piperazine rings is 1. The first-order chi connectivity index (χ1) is 15.3. The highest BCUT2D eigenvalue weighted by atomic mass is 35.5. The molecule has 0 spiro atoms. The van der Waals surface area contributed by atoms with Crippen molar-refractivity contribution in [3.63, 3.8) is 0 Å². The van der Waals surface area contributed by atoms with Crippen LogP contribution in [0.1, 0.15) is 37.8 Å². The number of halogens is 2. The predicted molar refractivity (Wildman–Crippen MR) is 141 cm³/mol. The summed E-state index contributed by atoms with van der Waals surface area (Å²) in [4.78, 5) is 2.60. The molecule has 0 bridgehead atoms. The molecule has 1 N–H and O–H groups in total. The normalized spacial score (nSPS) is 14.5. The Kier molecular flexibility index (Phi) is 11.6. The van der Waals surface area contributed by atoms with Crippen LogP contribution < -0.4 is 14.8 Å². The number of nitrogens with zero attached hydrogens (tertiary/aromatic N) is 1. The molecule has 1 saturated heterocycles. The summed E-state index contributed by atoms with van der Waals surface area (Å²) in [6.45, 7) is 6.50. The monoisotopic (exact) mass is 488 g/mol. The van der Waals surface area contributed by atoms with Crippen molar-refractivity contribution in [2.75, 3.05) is 26.2 Å². The van der Waals surface area contributed by atoms with Gasteiger partial charge in [0.05, 0.1) is 0 Å². The van der Waals surface area contributed by atoms with Gasteiger partial charge in [0, 0.05) is 32.2 Å². The second-order valence-electron chi connectivity index (χ2n) is 7.98. The van der Waals surface area contributed by atoms with Crippen LogP contribution in [-0.4, -0.2) is 31.1 Å². The molecule has 1 aliphatic heterocycles. The number of rotatable bonds is 9. The van der Waals surface area contributed by atoms with Gasteiger partial charge in [0.15, 0.2) is 11.5 Å². The Bertz CT molecular complexity index is 935. The molecule has 6 heteroatoms. The highest BCUT2D eigenvalue weighted by Gasteiger charge is 2.23. The lowest BCUT2D eigenvalue weighted by molar-refractivity contribution is 0.163. The molecule has 3 aromatic rings. The van der Waals surface area contributed by atoms with Gasteiger partial charge in [-0.3, -0.25) is 4.90 Å². The molecular formula is C27H34Cl2N2O2. The molecule has 0 saturated carbocycles. The van der Waals surface area contributed by atoms with Crippen molar-refractivity contribution in [3.05, 3.63) is 84.4 Å². The van der Waals surface area contributed by atoms with E-state index in [4.69, 9.17) is 9.47 Å². The Balaban J connectivity index is 0.00000193. The fraction of sp³-hybridized carbons (Fsp3) is 0.333. The van der Waals surface area contributed by atoms with Crippen LogP contribution in [0.5, 0.6) is 23.0 Å². The molecule has 33 heavy (non-hydrogen) atoms. The second-order valence-corrected chi connectivity index (χ2v) is 7.98. The first-order valence-corrected chi connectivity index (χ1v) is 11.4.